The average molecular weight is 280 g/mol. The van der Waals surface area contributed by atoms with Gasteiger partial charge in [-0.05, 0) is 42.7 Å². The maximum atomic E-state index is 13.5. The number of hydrogen-bond donors (Lipinski definition) is 1. The summed E-state index contributed by atoms with van der Waals surface area (Å²) in [6.45, 7) is 5.07. The van der Waals surface area contributed by atoms with Gasteiger partial charge in [-0.25, -0.2) is 0 Å². The smallest absolute Gasteiger partial charge is 0.304 e. The fourth-order valence-electron chi connectivity index (χ4n) is 3.18. The highest BCUT2D eigenvalue weighted by atomic mass is 19.1. The van der Waals surface area contributed by atoms with E-state index in [0.717, 1.165) is 18.4 Å². The first-order valence-electron chi connectivity index (χ1n) is 7.12. The van der Waals surface area contributed by atoms with Crippen LogP contribution in [0.15, 0.2) is 18.2 Å². The number of benzene rings is 1. The molecule has 1 aliphatic carbocycles. The Morgan fingerprint density at radius 3 is 2.50 bits per heavy atom. The molecule has 0 aromatic heterocycles. The van der Waals surface area contributed by atoms with Crippen LogP contribution < -0.4 is 5.32 Å². The molecule has 0 heterocycles. The summed E-state index contributed by atoms with van der Waals surface area (Å²) in [5, 5.41) is 14.0. The second kappa shape index (κ2) is 6.31. The molecule has 4 nitrogen and oxygen atoms in total. The van der Waals surface area contributed by atoms with Gasteiger partial charge in [0.05, 0.1) is 4.92 Å². The Morgan fingerprint density at radius 1 is 1.30 bits per heavy atom. The van der Waals surface area contributed by atoms with E-state index in [9.17, 15) is 14.5 Å². The molecule has 2 unspecified atom stereocenters. The van der Waals surface area contributed by atoms with Crippen molar-refractivity contribution in [3.63, 3.8) is 0 Å². The summed E-state index contributed by atoms with van der Waals surface area (Å²) in [6.07, 6.45) is 3.55. The van der Waals surface area contributed by atoms with E-state index < -0.39 is 16.4 Å². The lowest BCUT2D eigenvalue weighted by atomic mass is 9.80. The SMILES string of the molecule is CC1CC(C)CC(NCc2ccc([N+](=O)[O-])c(F)c2)C1. The van der Waals surface area contributed by atoms with E-state index in [1.165, 1.54) is 18.6 Å². The zero-order valence-corrected chi connectivity index (χ0v) is 11.9. The fraction of sp³-hybridized carbons (Fsp3) is 0.600. The summed E-state index contributed by atoms with van der Waals surface area (Å²) in [7, 11) is 0. The molecule has 1 aromatic carbocycles. The predicted octanol–water partition coefficient (Wildman–Crippen LogP) is 3.65. The molecule has 110 valence electrons. The van der Waals surface area contributed by atoms with Crippen LogP contribution in [0.5, 0.6) is 0 Å². The molecule has 20 heavy (non-hydrogen) atoms. The van der Waals surface area contributed by atoms with Crippen LogP contribution in [0.1, 0.15) is 38.7 Å². The summed E-state index contributed by atoms with van der Waals surface area (Å²) < 4.78 is 13.5. The Hall–Kier alpha value is -1.49. The highest BCUT2D eigenvalue weighted by Crippen LogP contribution is 2.28. The van der Waals surface area contributed by atoms with Gasteiger partial charge in [-0.15, -0.1) is 0 Å². The van der Waals surface area contributed by atoms with E-state index in [0.29, 0.717) is 24.4 Å². The Kier molecular flexibility index (Phi) is 4.70. The van der Waals surface area contributed by atoms with Gasteiger partial charge < -0.3 is 5.32 Å². The third-order valence-electron chi connectivity index (χ3n) is 3.98. The van der Waals surface area contributed by atoms with E-state index in [4.69, 9.17) is 0 Å². The Morgan fingerprint density at radius 2 is 1.95 bits per heavy atom. The Bertz CT molecular complexity index is 483. The number of nitrogens with one attached hydrogen (secondary N) is 1. The third-order valence-corrected chi connectivity index (χ3v) is 3.98. The van der Waals surface area contributed by atoms with Gasteiger partial charge in [-0.1, -0.05) is 19.9 Å². The normalized spacial score (nSPS) is 26.4. The molecule has 0 aliphatic heterocycles. The van der Waals surface area contributed by atoms with Crippen molar-refractivity contribution in [3.05, 3.63) is 39.7 Å². The largest absolute Gasteiger partial charge is 0.310 e. The quantitative estimate of drug-likeness (QED) is 0.676. The van der Waals surface area contributed by atoms with Crippen LogP contribution in [0.25, 0.3) is 0 Å². The molecule has 0 amide bonds. The lowest BCUT2D eigenvalue weighted by Crippen LogP contribution is -2.35. The molecule has 1 aromatic rings. The second-order valence-corrected chi connectivity index (χ2v) is 6.04. The number of nitrogens with zero attached hydrogens (tertiary/aromatic N) is 1. The summed E-state index contributed by atoms with van der Waals surface area (Å²) in [5.74, 6) is 0.661. The first kappa shape index (κ1) is 14.9. The lowest BCUT2D eigenvalue weighted by molar-refractivity contribution is -0.387. The molecule has 1 saturated carbocycles. The van der Waals surface area contributed by atoms with Gasteiger partial charge in [0.1, 0.15) is 0 Å². The topological polar surface area (TPSA) is 55.2 Å². The lowest BCUT2D eigenvalue weighted by Gasteiger charge is -2.32. The van der Waals surface area contributed by atoms with Crippen molar-refractivity contribution in [2.24, 2.45) is 11.8 Å². The number of hydrogen-bond acceptors (Lipinski definition) is 3. The van der Waals surface area contributed by atoms with Crippen LogP contribution in [0, 0.1) is 27.8 Å². The van der Waals surface area contributed by atoms with Crippen molar-refractivity contribution in [1.29, 1.82) is 0 Å². The molecule has 0 bridgehead atoms. The van der Waals surface area contributed by atoms with Crippen molar-refractivity contribution in [1.82, 2.24) is 5.32 Å². The highest BCUT2D eigenvalue weighted by Gasteiger charge is 2.23. The molecule has 5 heteroatoms. The molecule has 2 atom stereocenters. The fourth-order valence-corrected chi connectivity index (χ4v) is 3.18. The number of nitro benzene ring substituents is 1. The molecule has 0 saturated heterocycles. The Balaban J connectivity index is 1.94. The van der Waals surface area contributed by atoms with Gasteiger partial charge in [-0.2, -0.15) is 4.39 Å². The van der Waals surface area contributed by atoms with Gasteiger partial charge in [0.15, 0.2) is 0 Å². The summed E-state index contributed by atoms with van der Waals surface area (Å²) in [5.41, 5.74) is 0.285. The van der Waals surface area contributed by atoms with Crippen LogP contribution in [0.3, 0.4) is 0 Å². The van der Waals surface area contributed by atoms with Crippen molar-refractivity contribution in [2.45, 2.75) is 45.7 Å². The van der Waals surface area contributed by atoms with Crippen molar-refractivity contribution in [3.8, 4) is 0 Å². The summed E-state index contributed by atoms with van der Waals surface area (Å²) in [4.78, 5) is 9.86. The van der Waals surface area contributed by atoms with E-state index in [1.54, 1.807) is 6.07 Å². The molecular formula is C15H21FN2O2. The zero-order valence-electron chi connectivity index (χ0n) is 11.9. The van der Waals surface area contributed by atoms with E-state index in [1.807, 2.05) is 0 Å². The van der Waals surface area contributed by atoms with Gasteiger partial charge in [0.2, 0.25) is 5.82 Å². The number of nitro groups is 1. The number of halogens is 1. The first-order chi connectivity index (χ1) is 9.45. The van der Waals surface area contributed by atoms with Crippen LogP contribution in [-0.4, -0.2) is 11.0 Å². The molecule has 2 rings (SSSR count). The van der Waals surface area contributed by atoms with E-state index in [2.05, 4.69) is 19.2 Å². The monoisotopic (exact) mass is 280 g/mol. The minimum atomic E-state index is -0.764. The van der Waals surface area contributed by atoms with Crippen molar-refractivity contribution >= 4 is 5.69 Å². The molecule has 1 fully saturated rings. The van der Waals surface area contributed by atoms with Crippen LogP contribution in [-0.2, 0) is 6.54 Å². The van der Waals surface area contributed by atoms with Gasteiger partial charge >= 0.3 is 5.69 Å². The third kappa shape index (κ3) is 3.76. The summed E-state index contributed by atoms with van der Waals surface area (Å²) in [6, 6.07) is 4.55. The highest BCUT2D eigenvalue weighted by molar-refractivity contribution is 5.34. The average Bonchev–Trinajstić information content (AvgIpc) is 2.35. The standard InChI is InChI=1S/C15H21FN2O2/c1-10-5-11(2)7-13(6-10)17-9-12-3-4-15(18(19)20)14(16)8-12/h3-4,8,10-11,13,17H,5-7,9H2,1-2H3. The van der Waals surface area contributed by atoms with Crippen molar-refractivity contribution < 1.29 is 9.31 Å². The predicted molar refractivity (Wildman–Crippen MR) is 75.9 cm³/mol. The van der Waals surface area contributed by atoms with E-state index in [-0.39, 0.29) is 0 Å². The maximum absolute atomic E-state index is 13.5. The summed E-state index contributed by atoms with van der Waals surface area (Å²) >= 11 is 0. The van der Waals surface area contributed by atoms with Gasteiger partial charge in [0.25, 0.3) is 0 Å². The second-order valence-electron chi connectivity index (χ2n) is 6.04. The molecule has 0 radical (unpaired) electrons. The Labute approximate surface area is 118 Å². The minimum Gasteiger partial charge on any atom is -0.310 e. The molecular weight excluding hydrogens is 259 g/mol. The maximum Gasteiger partial charge on any atom is 0.304 e. The molecule has 0 spiro atoms. The van der Waals surface area contributed by atoms with Crippen LogP contribution >= 0.6 is 0 Å². The molecule has 1 aliphatic rings. The minimum absolute atomic E-state index is 0.451. The van der Waals surface area contributed by atoms with E-state index >= 15 is 0 Å². The molecule has 1 N–H and O–H groups in total. The van der Waals surface area contributed by atoms with Gasteiger partial charge in [0, 0.05) is 18.7 Å². The van der Waals surface area contributed by atoms with Gasteiger partial charge in [-0.3, -0.25) is 10.1 Å². The zero-order chi connectivity index (χ0) is 14.7. The van der Waals surface area contributed by atoms with Crippen LogP contribution in [0.4, 0.5) is 10.1 Å². The van der Waals surface area contributed by atoms with Crippen molar-refractivity contribution in [2.75, 3.05) is 0 Å². The first-order valence-corrected chi connectivity index (χ1v) is 7.12. The number of rotatable bonds is 4. The van der Waals surface area contributed by atoms with Crippen LogP contribution in [0.2, 0.25) is 0 Å².